The summed E-state index contributed by atoms with van der Waals surface area (Å²) in [5.41, 5.74) is 0.993. The molecule has 4 heteroatoms. The number of nitrogens with one attached hydrogen (secondary N) is 1. The molecule has 4 aliphatic rings. The number of hydrogen-bond donors (Lipinski definition) is 1. The van der Waals surface area contributed by atoms with Crippen molar-refractivity contribution in [1.82, 2.24) is 10.3 Å². The average molecular weight is 369 g/mol. The van der Waals surface area contributed by atoms with Gasteiger partial charge in [0.2, 0.25) is 0 Å². The van der Waals surface area contributed by atoms with Crippen molar-refractivity contribution < 1.29 is 9.59 Å². The van der Waals surface area contributed by atoms with Crippen LogP contribution in [0, 0.1) is 29.6 Å². The molecule has 0 radical (unpaired) electrons. The van der Waals surface area contributed by atoms with Crippen LogP contribution in [0.15, 0.2) is 18.3 Å². The summed E-state index contributed by atoms with van der Waals surface area (Å²) in [6.07, 6.45) is 9.66. The van der Waals surface area contributed by atoms with Crippen LogP contribution in [0.4, 0.5) is 0 Å². The van der Waals surface area contributed by atoms with Crippen molar-refractivity contribution in [2.75, 3.05) is 0 Å². The molecular formula is C23H32N2O2. The van der Waals surface area contributed by atoms with Gasteiger partial charge in [0.05, 0.1) is 0 Å². The summed E-state index contributed by atoms with van der Waals surface area (Å²) >= 11 is 0. The van der Waals surface area contributed by atoms with E-state index < -0.39 is 0 Å². The van der Waals surface area contributed by atoms with E-state index in [1.54, 1.807) is 12.3 Å². The van der Waals surface area contributed by atoms with Crippen molar-refractivity contribution in [1.29, 1.82) is 0 Å². The first-order chi connectivity index (χ1) is 12.8. The first kappa shape index (κ1) is 18.6. The van der Waals surface area contributed by atoms with Crippen molar-refractivity contribution in [3.63, 3.8) is 0 Å². The molecule has 4 saturated carbocycles. The summed E-state index contributed by atoms with van der Waals surface area (Å²) in [5.74, 6) is 4.21. The highest BCUT2D eigenvalue weighted by Gasteiger charge is 2.48. The lowest BCUT2D eigenvalue weighted by atomic mass is 9.51. The molecule has 0 aromatic carbocycles. The van der Waals surface area contributed by atoms with Crippen LogP contribution in [-0.4, -0.2) is 22.2 Å². The van der Waals surface area contributed by atoms with Crippen molar-refractivity contribution in [2.24, 2.45) is 29.6 Å². The fraction of sp³-hybridized carbons (Fsp3) is 0.696. The van der Waals surface area contributed by atoms with Gasteiger partial charge >= 0.3 is 0 Å². The maximum Gasteiger partial charge on any atom is 0.270 e. The van der Waals surface area contributed by atoms with Gasteiger partial charge in [-0.3, -0.25) is 14.6 Å². The molecule has 1 amide bonds. The third-order valence-corrected chi connectivity index (χ3v) is 6.83. The predicted octanol–water partition coefficient (Wildman–Crippen LogP) is 4.18. The van der Waals surface area contributed by atoms with E-state index in [2.05, 4.69) is 10.3 Å². The van der Waals surface area contributed by atoms with Crippen molar-refractivity contribution >= 4 is 11.7 Å². The van der Waals surface area contributed by atoms with Crippen molar-refractivity contribution in [3.05, 3.63) is 29.6 Å². The Hall–Kier alpha value is -1.71. The molecule has 4 fully saturated rings. The van der Waals surface area contributed by atoms with Gasteiger partial charge in [0.1, 0.15) is 11.5 Å². The fourth-order valence-corrected chi connectivity index (χ4v) is 6.05. The van der Waals surface area contributed by atoms with Crippen LogP contribution in [0.5, 0.6) is 0 Å². The average Bonchev–Trinajstić information content (AvgIpc) is 2.56. The monoisotopic (exact) mass is 368 g/mol. The highest BCUT2D eigenvalue weighted by molar-refractivity contribution is 5.93. The Morgan fingerprint density at radius 3 is 2.30 bits per heavy atom. The molecule has 1 heterocycles. The van der Waals surface area contributed by atoms with E-state index in [0.717, 1.165) is 35.7 Å². The second-order valence-corrected chi connectivity index (χ2v) is 10.3. The number of carbonyl (C=O) groups excluding carboxylic acids is 2. The smallest absolute Gasteiger partial charge is 0.270 e. The van der Waals surface area contributed by atoms with E-state index in [0.29, 0.717) is 23.8 Å². The van der Waals surface area contributed by atoms with Crippen molar-refractivity contribution in [3.8, 4) is 0 Å². The normalized spacial score (nSPS) is 31.7. The number of pyridine rings is 1. The lowest BCUT2D eigenvalue weighted by Crippen LogP contribution is -2.45. The highest BCUT2D eigenvalue weighted by atomic mass is 16.2. The van der Waals surface area contributed by atoms with E-state index in [4.69, 9.17) is 0 Å². The molecule has 146 valence electrons. The van der Waals surface area contributed by atoms with Gasteiger partial charge in [-0.05, 0) is 100 Å². The van der Waals surface area contributed by atoms with Gasteiger partial charge < -0.3 is 5.32 Å². The Balaban J connectivity index is 1.37. The van der Waals surface area contributed by atoms with Crippen LogP contribution in [0.2, 0.25) is 0 Å². The summed E-state index contributed by atoms with van der Waals surface area (Å²) in [5, 5.41) is 2.93. The molecule has 0 aliphatic heterocycles. The number of rotatable bonds is 5. The molecule has 0 saturated heterocycles. The fourth-order valence-electron chi connectivity index (χ4n) is 6.05. The van der Waals surface area contributed by atoms with Gasteiger partial charge in [-0.2, -0.15) is 0 Å². The van der Waals surface area contributed by atoms with Crippen LogP contribution < -0.4 is 5.32 Å². The Morgan fingerprint density at radius 2 is 1.70 bits per heavy atom. The maximum atomic E-state index is 12.8. The maximum absolute atomic E-state index is 12.8. The molecule has 1 aromatic heterocycles. The number of aromatic nitrogens is 1. The molecule has 4 bridgehead atoms. The van der Waals surface area contributed by atoms with Gasteiger partial charge in [-0.25, -0.2) is 0 Å². The number of Topliss-reactive ketones (excluding diaryl/α,β-unsaturated/α-hetero) is 1. The summed E-state index contributed by atoms with van der Waals surface area (Å²) < 4.78 is 0. The largest absolute Gasteiger partial charge is 0.346 e. The Kier molecular flexibility index (Phi) is 4.85. The number of hydrogen-bond acceptors (Lipinski definition) is 3. The zero-order valence-electron chi connectivity index (χ0n) is 16.8. The third kappa shape index (κ3) is 4.25. The molecule has 1 aromatic rings. The van der Waals surface area contributed by atoms with Gasteiger partial charge in [0.25, 0.3) is 5.91 Å². The number of nitrogens with zero attached hydrogens (tertiary/aromatic N) is 1. The van der Waals surface area contributed by atoms with Gasteiger partial charge in [0, 0.05) is 24.6 Å². The minimum absolute atomic E-state index is 0.183. The molecule has 0 atom stereocenters. The zero-order chi connectivity index (χ0) is 19.2. The molecule has 0 unspecified atom stereocenters. The third-order valence-electron chi connectivity index (χ3n) is 6.83. The molecule has 0 spiro atoms. The van der Waals surface area contributed by atoms with Crippen LogP contribution >= 0.6 is 0 Å². The highest BCUT2D eigenvalue weighted by Crippen LogP contribution is 2.57. The van der Waals surface area contributed by atoms with Gasteiger partial charge in [-0.15, -0.1) is 0 Å². The van der Waals surface area contributed by atoms with Gasteiger partial charge in [-0.1, -0.05) is 0 Å². The Bertz CT molecular complexity index is 706. The van der Waals surface area contributed by atoms with E-state index in [-0.39, 0.29) is 11.4 Å². The van der Waals surface area contributed by atoms with Crippen LogP contribution in [0.3, 0.4) is 0 Å². The lowest BCUT2D eigenvalue weighted by molar-refractivity contribution is -0.123. The van der Waals surface area contributed by atoms with E-state index in [1.807, 2.05) is 26.8 Å². The number of ketones is 1. The van der Waals surface area contributed by atoms with E-state index >= 15 is 0 Å². The number of amides is 1. The summed E-state index contributed by atoms with van der Waals surface area (Å²) in [6, 6.07) is 3.64. The van der Waals surface area contributed by atoms with Crippen LogP contribution in [-0.2, 0) is 11.2 Å². The van der Waals surface area contributed by atoms with E-state index in [1.165, 1.54) is 32.1 Å². The zero-order valence-corrected chi connectivity index (χ0v) is 16.8. The molecule has 27 heavy (non-hydrogen) atoms. The lowest BCUT2D eigenvalue weighted by Gasteiger charge is -2.54. The van der Waals surface area contributed by atoms with Gasteiger partial charge in [0.15, 0.2) is 0 Å². The molecule has 4 aliphatic carbocycles. The SMILES string of the molecule is CC(C)(C)NC(=O)c1cc(CC(=O)CC2C3CC4CC(C3)CC2C4)ccn1. The Morgan fingerprint density at radius 1 is 1.07 bits per heavy atom. The molecule has 4 nitrogen and oxygen atoms in total. The molecule has 1 N–H and O–H groups in total. The van der Waals surface area contributed by atoms with Crippen LogP contribution in [0.1, 0.15) is 75.3 Å². The van der Waals surface area contributed by atoms with E-state index in [9.17, 15) is 9.59 Å². The second kappa shape index (κ2) is 7.03. The quantitative estimate of drug-likeness (QED) is 0.848. The standard InChI is InChI=1S/C23H32N2O2/c1-23(2,3)25-22(27)21-12-14(4-5-24-21)11-19(26)13-20-17-7-15-6-16(9-17)10-18(20)8-15/h4-5,12,15-18,20H,6-11,13H2,1-3H3,(H,25,27). The van der Waals surface area contributed by atoms with Crippen molar-refractivity contribution in [2.45, 2.75) is 71.3 Å². The molecule has 5 rings (SSSR count). The van der Waals surface area contributed by atoms with Crippen LogP contribution in [0.25, 0.3) is 0 Å². The minimum Gasteiger partial charge on any atom is -0.346 e. The minimum atomic E-state index is -0.302. The Labute approximate surface area is 162 Å². The predicted molar refractivity (Wildman–Crippen MR) is 105 cm³/mol. The topological polar surface area (TPSA) is 59.1 Å². The summed E-state index contributed by atoms with van der Waals surface area (Å²) in [4.78, 5) is 29.3. The molecular weight excluding hydrogens is 336 g/mol. The number of carbonyl (C=O) groups is 2. The first-order valence-electron chi connectivity index (χ1n) is 10.6. The summed E-state index contributed by atoms with van der Waals surface area (Å²) in [6.45, 7) is 5.84. The second-order valence-electron chi connectivity index (χ2n) is 10.3. The first-order valence-corrected chi connectivity index (χ1v) is 10.6. The summed E-state index contributed by atoms with van der Waals surface area (Å²) in [7, 11) is 0.